The zero-order valence-corrected chi connectivity index (χ0v) is 13.0. The summed E-state index contributed by atoms with van der Waals surface area (Å²) >= 11 is 0. The molecule has 0 spiro atoms. The van der Waals surface area contributed by atoms with E-state index in [1.165, 1.54) is 11.1 Å². The SMILES string of the molecule is O=C(Nc1cncc(F)c1)C(=O)N1CCCC1c1cc(F)ccc1F. The molecular formula is C17H14F3N3O2. The number of hydrogen-bond donors (Lipinski definition) is 1. The molecule has 130 valence electrons. The fourth-order valence-corrected chi connectivity index (χ4v) is 2.90. The molecule has 0 aliphatic carbocycles. The molecule has 1 atom stereocenters. The fourth-order valence-electron chi connectivity index (χ4n) is 2.90. The lowest BCUT2D eigenvalue weighted by Gasteiger charge is -2.24. The zero-order valence-electron chi connectivity index (χ0n) is 13.0. The minimum Gasteiger partial charge on any atom is -0.327 e. The molecule has 1 aliphatic rings. The Hall–Kier alpha value is -2.90. The summed E-state index contributed by atoms with van der Waals surface area (Å²) in [4.78, 5) is 29.3. The molecule has 1 aromatic carbocycles. The standard InChI is InChI=1S/C17H14F3N3O2/c18-10-3-4-14(20)13(7-10)15-2-1-5-23(15)17(25)16(24)22-12-6-11(19)8-21-9-12/h3-4,6-9,15H,1-2,5H2,(H,22,24). The van der Waals surface area contributed by atoms with Crippen LogP contribution < -0.4 is 5.32 Å². The van der Waals surface area contributed by atoms with Crippen molar-refractivity contribution >= 4 is 17.5 Å². The number of hydrogen-bond acceptors (Lipinski definition) is 3. The number of pyridine rings is 1. The second-order valence-corrected chi connectivity index (χ2v) is 5.67. The van der Waals surface area contributed by atoms with Gasteiger partial charge in [0.15, 0.2) is 0 Å². The Balaban J connectivity index is 1.78. The van der Waals surface area contributed by atoms with E-state index in [0.717, 1.165) is 30.5 Å². The Kier molecular flexibility index (Phi) is 4.69. The van der Waals surface area contributed by atoms with Crippen LogP contribution in [0, 0.1) is 17.5 Å². The monoisotopic (exact) mass is 349 g/mol. The van der Waals surface area contributed by atoms with Gasteiger partial charge in [-0.25, -0.2) is 13.2 Å². The molecule has 2 heterocycles. The van der Waals surface area contributed by atoms with Gasteiger partial charge in [0.1, 0.15) is 17.5 Å². The van der Waals surface area contributed by atoms with E-state index in [1.807, 2.05) is 0 Å². The van der Waals surface area contributed by atoms with Crippen LogP contribution in [0.5, 0.6) is 0 Å². The maximum Gasteiger partial charge on any atom is 0.313 e. The molecule has 0 bridgehead atoms. The van der Waals surface area contributed by atoms with Crippen LogP contribution >= 0.6 is 0 Å². The molecule has 2 amide bonds. The van der Waals surface area contributed by atoms with Crippen LogP contribution in [-0.2, 0) is 9.59 Å². The molecule has 0 saturated carbocycles. The summed E-state index contributed by atoms with van der Waals surface area (Å²) in [6.45, 7) is 0.244. The van der Waals surface area contributed by atoms with Crippen molar-refractivity contribution in [2.24, 2.45) is 0 Å². The van der Waals surface area contributed by atoms with Gasteiger partial charge >= 0.3 is 11.8 Å². The normalized spacial score (nSPS) is 16.8. The van der Waals surface area contributed by atoms with Crippen molar-refractivity contribution in [3.05, 3.63) is 59.7 Å². The summed E-state index contributed by atoms with van der Waals surface area (Å²) in [5.41, 5.74) is 0.0668. The highest BCUT2D eigenvalue weighted by Gasteiger charge is 2.35. The summed E-state index contributed by atoms with van der Waals surface area (Å²) in [5.74, 6) is -3.80. The maximum absolute atomic E-state index is 14.0. The Morgan fingerprint density at radius 2 is 1.92 bits per heavy atom. The smallest absolute Gasteiger partial charge is 0.313 e. The Morgan fingerprint density at radius 3 is 2.68 bits per heavy atom. The fraction of sp³-hybridized carbons (Fsp3) is 0.235. The van der Waals surface area contributed by atoms with E-state index in [4.69, 9.17) is 0 Å². The molecule has 1 N–H and O–H groups in total. The van der Waals surface area contributed by atoms with E-state index in [-0.39, 0.29) is 17.8 Å². The largest absolute Gasteiger partial charge is 0.327 e. The molecule has 3 rings (SSSR count). The quantitative estimate of drug-likeness (QED) is 0.848. The molecule has 2 aromatic rings. The van der Waals surface area contributed by atoms with Crippen molar-refractivity contribution in [3.63, 3.8) is 0 Å². The highest BCUT2D eigenvalue weighted by Crippen LogP contribution is 2.33. The third kappa shape index (κ3) is 3.62. The van der Waals surface area contributed by atoms with Crippen molar-refractivity contribution < 1.29 is 22.8 Å². The first kappa shape index (κ1) is 16.9. The summed E-state index contributed by atoms with van der Waals surface area (Å²) < 4.78 is 40.5. The van der Waals surface area contributed by atoms with Gasteiger partial charge in [-0.05, 0) is 31.0 Å². The molecule has 0 radical (unpaired) electrons. The first-order chi connectivity index (χ1) is 12.0. The second kappa shape index (κ2) is 6.92. The third-order valence-electron chi connectivity index (χ3n) is 3.99. The second-order valence-electron chi connectivity index (χ2n) is 5.67. The minimum absolute atomic E-state index is 0.0334. The highest BCUT2D eigenvalue weighted by atomic mass is 19.1. The topological polar surface area (TPSA) is 62.3 Å². The van der Waals surface area contributed by atoms with Crippen LogP contribution in [0.25, 0.3) is 0 Å². The molecule has 5 nitrogen and oxygen atoms in total. The van der Waals surface area contributed by atoms with E-state index in [9.17, 15) is 22.8 Å². The lowest BCUT2D eigenvalue weighted by atomic mass is 10.0. The van der Waals surface area contributed by atoms with E-state index in [2.05, 4.69) is 10.3 Å². The molecule has 1 aromatic heterocycles. The van der Waals surface area contributed by atoms with Crippen LogP contribution in [0.3, 0.4) is 0 Å². The van der Waals surface area contributed by atoms with E-state index < -0.39 is 35.3 Å². The third-order valence-corrected chi connectivity index (χ3v) is 3.99. The predicted octanol–water partition coefficient (Wildman–Crippen LogP) is 2.80. The highest BCUT2D eigenvalue weighted by molar-refractivity contribution is 6.39. The number of anilines is 1. The molecule has 8 heteroatoms. The molecule has 25 heavy (non-hydrogen) atoms. The number of amides is 2. The van der Waals surface area contributed by atoms with Crippen molar-refractivity contribution in [1.82, 2.24) is 9.88 Å². The summed E-state index contributed by atoms with van der Waals surface area (Å²) in [6, 6.07) is 3.30. The number of carbonyl (C=O) groups excluding carboxylic acids is 2. The summed E-state index contributed by atoms with van der Waals surface area (Å²) in [7, 11) is 0. The van der Waals surface area contributed by atoms with Crippen molar-refractivity contribution in [3.8, 4) is 0 Å². The van der Waals surface area contributed by atoms with Gasteiger partial charge in [-0.3, -0.25) is 14.6 Å². The number of aromatic nitrogens is 1. The van der Waals surface area contributed by atoms with Crippen LogP contribution in [0.2, 0.25) is 0 Å². The van der Waals surface area contributed by atoms with Crippen LogP contribution in [0.1, 0.15) is 24.4 Å². The summed E-state index contributed by atoms with van der Waals surface area (Å²) in [5, 5.41) is 2.26. The van der Waals surface area contributed by atoms with Gasteiger partial charge in [0.05, 0.1) is 24.1 Å². The van der Waals surface area contributed by atoms with Gasteiger partial charge in [0.2, 0.25) is 0 Å². The number of likely N-dealkylation sites (tertiary alicyclic amines) is 1. The number of nitrogens with one attached hydrogen (secondary N) is 1. The first-order valence-electron chi connectivity index (χ1n) is 7.63. The molecule has 1 unspecified atom stereocenters. The van der Waals surface area contributed by atoms with Gasteiger partial charge in [-0.2, -0.15) is 0 Å². The van der Waals surface area contributed by atoms with Crippen molar-refractivity contribution in [2.45, 2.75) is 18.9 Å². The molecule has 1 fully saturated rings. The van der Waals surface area contributed by atoms with Gasteiger partial charge in [-0.1, -0.05) is 0 Å². The Labute approximate surface area is 141 Å². The molecule has 1 saturated heterocycles. The number of carbonyl (C=O) groups is 2. The lowest BCUT2D eigenvalue weighted by molar-refractivity contribution is -0.143. The van der Waals surface area contributed by atoms with Gasteiger partial charge in [-0.15, -0.1) is 0 Å². The van der Waals surface area contributed by atoms with Crippen molar-refractivity contribution in [2.75, 3.05) is 11.9 Å². The van der Waals surface area contributed by atoms with Crippen LogP contribution in [0.15, 0.2) is 36.7 Å². The average Bonchev–Trinajstić information content (AvgIpc) is 3.05. The minimum atomic E-state index is -0.990. The molecule has 1 aliphatic heterocycles. The number of nitrogens with zero attached hydrogens (tertiary/aromatic N) is 2. The number of rotatable bonds is 2. The molecular weight excluding hydrogens is 335 g/mol. The lowest BCUT2D eigenvalue weighted by Crippen LogP contribution is -2.39. The van der Waals surface area contributed by atoms with Gasteiger partial charge in [0.25, 0.3) is 0 Å². The zero-order chi connectivity index (χ0) is 18.0. The van der Waals surface area contributed by atoms with Crippen LogP contribution in [-0.4, -0.2) is 28.2 Å². The Morgan fingerprint density at radius 1 is 1.12 bits per heavy atom. The number of halogens is 3. The van der Waals surface area contributed by atoms with E-state index in [1.54, 1.807) is 0 Å². The van der Waals surface area contributed by atoms with Gasteiger partial charge in [0, 0.05) is 18.2 Å². The number of benzene rings is 1. The predicted molar refractivity (Wildman–Crippen MR) is 82.9 cm³/mol. The maximum atomic E-state index is 14.0. The van der Waals surface area contributed by atoms with Gasteiger partial charge < -0.3 is 10.2 Å². The van der Waals surface area contributed by atoms with E-state index in [0.29, 0.717) is 12.8 Å². The Bertz CT molecular complexity index is 829. The van der Waals surface area contributed by atoms with Crippen molar-refractivity contribution in [1.29, 1.82) is 0 Å². The average molecular weight is 349 g/mol. The van der Waals surface area contributed by atoms with E-state index >= 15 is 0 Å². The summed E-state index contributed by atoms with van der Waals surface area (Å²) in [6.07, 6.45) is 3.13. The first-order valence-corrected chi connectivity index (χ1v) is 7.63. The van der Waals surface area contributed by atoms with Crippen LogP contribution in [0.4, 0.5) is 18.9 Å².